The summed E-state index contributed by atoms with van der Waals surface area (Å²) in [6.07, 6.45) is 0. The first-order valence-electron chi connectivity index (χ1n) is 8.83. The summed E-state index contributed by atoms with van der Waals surface area (Å²) in [6, 6.07) is 18.1. The second kappa shape index (κ2) is 6.48. The molecule has 0 saturated carbocycles. The van der Waals surface area contributed by atoms with Crippen LogP contribution in [-0.2, 0) is 16.6 Å². The maximum absolute atomic E-state index is 13.3. The lowest BCUT2D eigenvalue weighted by atomic mass is 10.1. The zero-order chi connectivity index (χ0) is 19.2. The minimum Gasteiger partial charge on any atom is -0.308 e. The molecular formula is C21H20N2O3S. The van der Waals surface area contributed by atoms with E-state index in [0.717, 1.165) is 16.6 Å². The molecule has 0 aliphatic carbocycles. The molecule has 0 aromatic heterocycles. The SMILES string of the molecule is CCN1C(=O)c2cccc3c(S(=O)(=O)N(C)Cc4ccccc4)ccc1c23. The molecule has 0 unspecified atom stereocenters. The van der Waals surface area contributed by atoms with Gasteiger partial charge in [-0.1, -0.05) is 42.5 Å². The molecule has 3 aromatic rings. The molecule has 0 radical (unpaired) electrons. The summed E-state index contributed by atoms with van der Waals surface area (Å²) >= 11 is 0. The molecule has 3 aromatic carbocycles. The van der Waals surface area contributed by atoms with Gasteiger partial charge in [-0.05, 0) is 30.7 Å². The highest BCUT2D eigenvalue weighted by Crippen LogP contribution is 2.40. The fourth-order valence-corrected chi connectivity index (χ4v) is 4.99. The Morgan fingerprint density at radius 1 is 0.963 bits per heavy atom. The molecule has 0 atom stereocenters. The normalized spacial score (nSPS) is 13.7. The van der Waals surface area contributed by atoms with E-state index in [1.807, 2.05) is 37.3 Å². The van der Waals surface area contributed by atoms with E-state index in [4.69, 9.17) is 0 Å². The lowest BCUT2D eigenvalue weighted by molar-refractivity contribution is 0.0994. The van der Waals surface area contributed by atoms with E-state index in [-0.39, 0.29) is 17.3 Å². The van der Waals surface area contributed by atoms with Gasteiger partial charge in [-0.15, -0.1) is 0 Å². The Hall–Kier alpha value is -2.70. The zero-order valence-corrected chi connectivity index (χ0v) is 16.0. The van der Waals surface area contributed by atoms with Crippen molar-refractivity contribution < 1.29 is 13.2 Å². The number of sulfonamides is 1. The van der Waals surface area contributed by atoms with Crippen LogP contribution in [0.4, 0.5) is 5.69 Å². The number of hydrogen-bond acceptors (Lipinski definition) is 3. The van der Waals surface area contributed by atoms with E-state index in [2.05, 4.69) is 0 Å². The standard InChI is InChI=1S/C21H20N2O3S/c1-3-23-18-12-13-19(16-10-7-11-17(20(16)18)21(23)24)27(25,26)22(2)14-15-8-5-4-6-9-15/h4-13H,3,14H2,1-2H3. The van der Waals surface area contributed by atoms with Crippen molar-refractivity contribution in [3.8, 4) is 0 Å². The predicted octanol–water partition coefficient (Wildman–Crippen LogP) is 3.64. The lowest BCUT2D eigenvalue weighted by Crippen LogP contribution is -2.27. The van der Waals surface area contributed by atoms with Gasteiger partial charge >= 0.3 is 0 Å². The van der Waals surface area contributed by atoms with Gasteiger partial charge in [0, 0.05) is 36.5 Å². The number of carbonyl (C=O) groups excluding carboxylic acids is 1. The van der Waals surface area contributed by atoms with Gasteiger partial charge in [0.15, 0.2) is 0 Å². The summed E-state index contributed by atoms with van der Waals surface area (Å²) in [4.78, 5) is 14.5. The van der Waals surface area contributed by atoms with E-state index in [9.17, 15) is 13.2 Å². The molecule has 0 bridgehead atoms. The molecule has 1 aliphatic heterocycles. The van der Waals surface area contributed by atoms with E-state index < -0.39 is 10.0 Å². The van der Waals surface area contributed by atoms with E-state index >= 15 is 0 Å². The first-order chi connectivity index (χ1) is 12.9. The molecule has 27 heavy (non-hydrogen) atoms. The van der Waals surface area contributed by atoms with Gasteiger partial charge in [0.05, 0.1) is 10.6 Å². The van der Waals surface area contributed by atoms with Gasteiger partial charge in [0.1, 0.15) is 0 Å². The Bertz CT molecular complexity index is 1140. The highest BCUT2D eigenvalue weighted by Gasteiger charge is 2.32. The number of carbonyl (C=O) groups is 1. The largest absolute Gasteiger partial charge is 0.308 e. The maximum Gasteiger partial charge on any atom is 0.258 e. The van der Waals surface area contributed by atoms with Crippen molar-refractivity contribution in [1.82, 2.24) is 4.31 Å². The van der Waals surface area contributed by atoms with Crippen LogP contribution in [0.3, 0.4) is 0 Å². The molecule has 138 valence electrons. The van der Waals surface area contributed by atoms with Crippen LogP contribution in [0, 0.1) is 0 Å². The topological polar surface area (TPSA) is 57.7 Å². The number of nitrogens with zero attached hydrogens (tertiary/aromatic N) is 2. The van der Waals surface area contributed by atoms with Crippen LogP contribution in [0.15, 0.2) is 65.6 Å². The molecule has 0 spiro atoms. The number of benzene rings is 3. The number of anilines is 1. The summed E-state index contributed by atoms with van der Waals surface area (Å²) < 4.78 is 27.9. The fourth-order valence-electron chi connectivity index (χ4n) is 3.65. The highest BCUT2D eigenvalue weighted by molar-refractivity contribution is 7.89. The zero-order valence-electron chi connectivity index (χ0n) is 15.2. The fraction of sp³-hybridized carbons (Fsp3) is 0.190. The second-order valence-corrected chi connectivity index (χ2v) is 8.62. The molecule has 6 heteroatoms. The molecule has 1 amide bonds. The van der Waals surface area contributed by atoms with Crippen LogP contribution >= 0.6 is 0 Å². The van der Waals surface area contributed by atoms with Crippen LogP contribution in [0.25, 0.3) is 10.8 Å². The molecule has 0 N–H and O–H groups in total. The minimum absolute atomic E-state index is 0.0784. The Morgan fingerprint density at radius 2 is 1.70 bits per heavy atom. The Morgan fingerprint density at radius 3 is 2.41 bits per heavy atom. The maximum atomic E-state index is 13.3. The van der Waals surface area contributed by atoms with Gasteiger partial charge in [-0.3, -0.25) is 4.79 Å². The van der Waals surface area contributed by atoms with E-state index in [1.165, 1.54) is 4.31 Å². The number of amides is 1. The van der Waals surface area contributed by atoms with Crippen molar-refractivity contribution in [2.24, 2.45) is 0 Å². The van der Waals surface area contributed by atoms with E-state index in [0.29, 0.717) is 17.5 Å². The average molecular weight is 380 g/mol. The molecule has 0 saturated heterocycles. The monoisotopic (exact) mass is 380 g/mol. The summed E-state index contributed by atoms with van der Waals surface area (Å²) in [6.45, 7) is 2.74. The van der Waals surface area contributed by atoms with Crippen molar-refractivity contribution >= 4 is 32.4 Å². The van der Waals surface area contributed by atoms with Crippen LogP contribution in [0.5, 0.6) is 0 Å². The molecular weight excluding hydrogens is 360 g/mol. The Kier molecular flexibility index (Phi) is 4.25. The Balaban J connectivity index is 1.83. The molecule has 0 fully saturated rings. The molecule has 5 nitrogen and oxygen atoms in total. The average Bonchev–Trinajstić information content (AvgIpc) is 2.96. The van der Waals surface area contributed by atoms with Gasteiger partial charge in [-0.25, -0.2) is 8.42 Å². The number of rotatable bonds is 5. The van der Waals surface area contributed by atoms with Crippen LogP contribution in [0.2, 0.25) is 0 Å². The van der Waals surface area contributed by atoms with Gasteiger partial charge in [0.25, 0.3) is 5.91 Å². The van der Waals surface area contributed by atoms with Crippen LogP contribution in [-0.4, -0.2) is 32.2 Å². The summed E-state index contributed by atoms with van der Waals surface area (Å²) in [5, 5.41) is 1.31. The quantitative estimate of drug-likeness (QED) is 0.679. The molecule has 1 aliphatic rings. The van der Waals surface area contributed by atoms with Gasteiger partial charge in [0.2, 0.25) is 10.0 Å². The second-order valence-electron chi connectivity index (χ2n) is 6.61. The third-order valence-corrected chi connectivity index (χ3v) is 6.86. The minimum atomic E-state index is -3.71. The van der Waals surface area contributed by atoms with Crippen LogP contribution < -0.4 is 4.90 Å². The smallest absolute Gasteiger partial charge is 0.258 e. The van der Waals surface area contributed by atoms with Gasteiger partial charge in [-0.2, -0.15) is 4.31 Å². The van der Waals surface area contributed by atoms with Crippen molar-refractivity contribution in [2.75, 3.05) is 18.5 Å². The van der Waals surface area contributed by atoms with Crippen molar-refractivity contribution in [3.63, 3.8) is 0 Å². The summed E-state index contributed by atoms with van der Waals surface area (Å²) in [5.41, 5.74) is 2.26. The Labute approximate surface area is 158 Å². The third kappa shape index (κ3) is 2.72. The highest BCUT2D eigenvalue weighted by atomic mass is 32.2. The van der Waals surface area contributed by atoms with Gasteiger partial charge < -0.3 is 4.90 Å². The third-order valence-electron chi connectivity index (χ3n) is 5.00. The first-order valence-corrected chi connectivity index (χ1v) is 10.3. The number of hydrogen-bond donors (Lipinski definition) is 0. The van der Waals surface area contributed by atoms with Crippen molar-refractivity contribution in [2.45, 2.75) is 18.4 Å². The summed E-state index contributed by atoms with van der Waals surface area (Å²) in [7, 11) is -2.13. The first kappa shape index (κ1) is 17.7. The van der Waals surface area contributed by atoms with Crippen molar-refractivity contribution in [3.05, 3.63) is 71.8 Å². The van der Waals surface area contributed by atoms with Crippen LogP contribution in [0.1, 0.15) is 22.8 Å². The van der Waals surface area contributed by atoms with E-state index in [1.54, 1.807) is 42.3 Å². The lowest BCUT2D eigenvalue weighted by Gasteiger charge is -2.20. The summed E-state index contributed by atoms with van der Waals surface area (Å²) in [5.74, 6) is -0.0784. The molecule has 1 heterocycles. The predicted molar refractivity (Wildman–Crippen MR) is 106 cm³/mol. The van der Waals surface area contributed by atoms with Crippen molar-refractivity contribution in [1.29, 1.82) is 0 Å². The molecule has 4 rings (SSSR count).